The van der Waals surface area contributed by atoms with E-state index in [1.54, 1.807) is 19.1 Å². The fourth-order valence-corrected chi connectivity index (χ4v) is 0.203. The highest BCUT2D eigenvalue weighted by Crippen LogP contribution is 1.74. The summed E-state index contributed by atoms with van der Waals surface area (Å²) in [6.07, 6.45) is 3.31. The van der Waals surface area contributed by atoms with Gasteiger partial charge in [0.1, 0.15) is 4.91 Å². The maximum atomic E-state index is 9.53. The van der Waals surface area contributed by atoms with E-state index in [1.165, 1.54) is 0 Å². The summed E-state index contributed by atoms with van der Waals surface area (Å²) in [6, 6.07) is 0. The molecule has 46 valence electrons. The summed E-state index contributed by atoms with van der Waals surface area (Å²) in [5, 5.41) is 7.23. The Hall–Kier alpha value is -1.06. The van der Waals surface area contributed by atoms with Gasteiger partial charge in [-0.3, -0.25) is 0 Å². The average Bonchev–Trinajstić information content (AvgIpc) is 1.66. The standard InChI is InChI=1S/C4H8NO3/c1-2-3-4-8-5(6)7/h2-3H,4H2,1H3,(H,6,7)/q+1/b3-2+. The molecule has 0 atom stereocenters. The fourth-order valence-electron chi connectivity index (χ4n) is 0.203. The van der Waals surface area contributed by atoms with Gasteiger partial charge in [-0.15, -0.1) is 0 Å². The first kappa shape index (κ1) is 6.94. The summed E-state index contributed by atoms with van der Waals surface area (Å²) < 4.78 is 0. The van der Waals surface area contributed by atoms with Crippen LogP contribution in [0.3, 0.4) is 0 Å². The Bertz CT molecular complexity index is 99.5. The Balaban J connectivity index is 3.05. The van der Waals surface area contributed by atoms with Crippen LogP contribution in [0.5, 0.6) is 0 Å². The first-order valence-electron chi connectivity index (χ1n) is 2.17. The molecule has 0 aromatic carbocycles. The number of hydrogen-bond donors (Lipinski definition) is 1. The molecule has 0 saturated carbocycles. The first-order valence-corrected chi connectivity index (χ1v) is 2.17. The van der Waals surface area contributed by atoms with Crippen LogP contribution in [0.25, 0.3) is 0 Å². The maximum Gasteiger partial charge on any atom is 0.475 e. The minimum Gasteiger partial charge on any atom is -0.200 e. The molecule has 0 saturated heterocycles. The predicted molar refractivity (Wildman–Crippen MR) is 26.2 cm³/mol. The summed E-state index contributed by atoms with van der Waals surface area (Å²) in [4.78, 5) is 13.6. The van der Waals surface area contributed by atoms with Crippen molar-refractivity contribution < 1.29 is 15.1 Å². The second-order valence-corrected chi connectivity index (χ2v) is 1.10. The SMILES string of the molecule is C/C=C/CO[N+](=O)O. The van der Waals surface area contributed by atoms with E-state index in [-0.39, 0.29) is 6.61 Å². The molecule has 0 amide bonds. The van der Waals surface area contributed by atoms with Crippen molar-refractivity contribution in [3.63, 3.8) is 0 Å². The van der Waals surface area contributed by atoms with Crippen molar-refractivity contribution in [1.29, 1.82) is 0 Å². The van der Waals surface area contributed by atoms with E-state index in [2.05, 4.69) is 4.84 Å². The van der Waals surface area contributed by atoms with E-state index < -0.39 is 5.09 Å². The third-order valence-electron chi connectivity index (χ3n) is 0.517. The van der Waals surface area contributed by atoms with E-state index in [0.717, 1.165) is 0 Å². The Morgan fingerprint density at radius 3 is 2.88 bits per heavy atom. The van der Waals surface area contributed by atoms with E-state index in [9.17, 15) is 4.91 Å². The quantitative estimate of drug-likeness (QED) is 0.437. The second-order valence-electron chi connectivity index (χ2n) is 1.10. The number of rotatable bonds is 3. The van der Waals surface area contributed by atoms with Crippen molar-refractivity contribution in [1.82, 2.24) is 0 Å². The Morgan fingerprint density at radius 2 is 2.50 bits per heavy atom. The summed E-state index contributed by atoms with van der Waals surface area (Å²) in [7, 11) is 0. The largest absolute Gasteiger partial charge is 0.475 e. The van der Waals surface area contributed by atoms with Crippen LogP contribution in [-0.2, 0) is 4.84 Å². The molecule has 0 unspecified atom stereocenters. The van der Waals surface area contributed by atoms with Crippen LogP contribution >= 0.6 is 0 Å². The van der Waals surface area contributed by atoms with Crippen molar-refractivity contribution in [2.75, 3.05) is 6.61 Å². The third kappa shape index (κ3) is 4.94. The molecule has 0 fully saturated rings. The lowest BCUT2D eigenvalue weighted by molar-refractivity contribution is -0.974. The van der Waals surface area contributed by atoms with Gasteiger partial charge in [-0.2, -0.15) is 4.84 Å². The minimum atomic E-state index is -0.569. The molecule has 0 aliphatic rings. The van der Waals surface area contributed by atoms with Crippen molar-refractivity contribution in [2.45, 2.75) is 6.92 Å². The molecular weight excluding hydrogens is 110 g/mol. The van der Waals surface area contributed by atoms with Crippen molar-refractivity contribution in [3.05, 3.63) is 17.1 Å². The van der Waals surface area contributed by atoms with Crippen LogP contribution in [0, 0.1) is 4.91 Å². The molecular formula is C4H8NO3+. The highest BCUT2D eigenvalue weighted by molar-refractivity contribution is 4.74. The second kappa shape index (κ2) is 4.11. The van der Waals surface area contributed by atoms with E-state index in [0.29, 0.717) is 0 Å². The van der Waals surface area contributed by atoms with Crippen molar-refractivity contribution in [2.24, 2.45) is 0 Å². The van der Waals surface area contributed by atoms with Crippen LogP contribution in [0.4, 0.5) is 0 Å². The molecule has 0 radical (unpaired) electrons. The molecule has 1 N–H and O–H groups in total. The summed E-state index contributed by atoms with van der Waals surface area (Å²) >= 11 is 0. The summed E-state index contributed by atoms with van der Waals surface area (Å²) in [6.45, 7) is 1.90. The Labute approximate surface area is 46.9 Å². The van der Waals surface area contributed by atoms with Gasteiger partial charge in [0.05, 0.1) is 0 Å². The van der Waals surface area contributed by atoms with Gasteiger partial charge < -0.3 is 0 Å². The van der Waals surface area contributed by atoms with Gasteiger partial charge >= 0.3 is 5.09 Å². The highest BCUT2D eigenvalue weighted by Gasteiger charge is 1.97. The zero-order chi connectivity index (χ0) is 6.41. The third-order valence-corrected chi connectivity index (χ3v) is 0.517. The van der Waals surface area contributed by atoms with Crippen molar-refractivity contribution in [3.8, 4) is 0 Å². The zero-order valence-electron chi connectivity index (χ0n) is 4.57. The van der Waals surface area contributed by atoms with Gasteiger partial charge in [-0.25, -0.2) is 5.21 Å². The van der Waals surface area contributed by atoms with Gasteiger partial charge in [-0.05, 0) is 13.0 Å². The molecule has 4 heteroatoms. The molecule has 0 spiro atoms. The smallest absolute Gasteiger partial charge is 0.200 e. The first-order chi connectivity index (χ1) is 3.77. The zero-order valence-corrected chi connectivity index (χ0v) is 4.57. The number of allylic oxidation sites excluding steroid dienone is 1. The van der Waals surface area contributed by atoms with Crippen LogP contribution in [-0.4, -0.2) is 16.9 Å². The molecule has 0 aliphatic heterocycles. The monoisotopic (exact) mass is 118 g/mol. The summed E-state index contributed by atoms with van der Waals surface area (Å²) in [5.74, 6) is 0. The molecule has 0 heterocycles. The molecule has 0 aromatic heterocycles. The number of hydrogen-bond acceptors (Lipinski definition) is 2. The Kier molecular flexibility index (Phi) is 3.56. The maximum absolute atomic E-state index is 9.53. The van der Waals surface area contributed by atoms with Crippen LogP contribution < -0.4 is 0 Å². The average molecular weight is 118 g/mol. The van der Waals surface area contributed by atoms with E-state index in [4.69, 9.17) is 5.21 Å². The van der Waals surface area contributed by atoms with Gasteiger partial charge in [0, 0.05) is 0 Å². The highest BCUT2D eigenvalue weighted by atomic mass is 16.9. The summed E-state index contributed by atoms with van der Waals surface area (Å²) in [5.41, 5.74) is 0. The molecule has 0 aromatic rings. The molecule has 4 nitrogen and oxygen atoms in total. The van der Waals surface area contributed by atoms with E-state index in [1.807, 2.05) is 0 Å². The molecule has 8 heavy (non-hydrogen) atoms. The van der Waals surface area contributed by atoms with Gasteiger partial charge in [-0.1, -0.05) is 6.08 Å². The number of nitrogens with zero attached hydrogens (tertiary/aromatic N) is 1. The van der Waals surface area contributed by atoms with E-state index >= 15 is 0 Å². The lowest BCUT2D eigenvalue weighted by Crippen LogP contribution is -2.02. The normalized spacial score (nSPS) is 9.62. The fraction of sp³-hybridized carbons (Fsp3) is 0.500. The topological polar surface area (TPSA) is 49.5 Å². The molecule has 0 aliphatic carbocycles. The molecule has 0 bridgehead atoms. The van der Waals surface area contributed by atoms with Gasteiger partial charge in [0.25, 0.3) is 0 Å². The lowest BCUT2D eigenvalue weighted by Gasteiger charge is -1.77. The lowest BCUT2D eigenvalue weighted by atomic mass is 10.6. The van der Waals surface area contributed by atoms with Crippen LogP contribution in [0.1, 0.15) is 6.92 Å². The van der Waals surface area contributed by atoms with Gasteiger partial charge in [0.15, 0.2) is 6.61 Å². The van der Waals surface area contributed by atoms with Crippen molar-refractivity contribution >= 4 is 0 Å². The van der Waals surface area contributed by atoms with Gasteiger partial charge in [0.2, 0.25) is 0 Å². The van der Waals surface area contributed by atoms with Crippen LogP contribution in [0.15, 0.2) is 12.2 Å². The Morgan fingerprint density at radius 1 is 1.88 bits per heavy atom. The minimum absolute atomic E-state index is 0.108. The molecule has 0 rings (SSSR count). The predicted octanol–water partition coefficient (Wildman–Crippen LogP) is 0.662. The van der Waals surface area contributed by atoms with Crippen LogP contribution in [0.2, 0.25) is 0 Å².